The van der Waals surface area contributed by atoms with Crippen LogP contribution < -0.4 is 0 Å². The van der Waals surface area contributed by atoms with Gasteiger partial charge in [-0.3, -0.25) is 4.79 Å². The van der Waals surface area contributed by atoms with Gasteiger partial charge in [-0.15, -0.1) is 11.3 Å². The van der Waals surface area contributed by atoms with Gasteiger partial charge >= 0.3 is 0 Å². The van der Waals surface area contributed by atoms with Crippen LogP contribution in [0.15, 0.2) is 22.0 Å². The summed E-state index contributed by atoms with van der Waals surface area (Å²) in [7, 11) is 1.77. The minimum atomic E-state index is -0.116. The first-order valence-corrected chi connectivity index (χ1v) is 6.17. The zero-order valence-corrected chi connectivity index (χ0v) is 10.9. The van der Waals surface area contributed by atoms with Crippen LogP contribution in [-0.2, 0) is 6.54 Å². The second-order valence-electron chi connectivity index (χ2n) is 4.01. The summed E-state index contributed by atoms with van der Waals surface area (Å²) in [5.41, 5.74) is 1.57. The summed E-state index contributed by atoms with van der Waals surface area (Å²) in [6.07, 6.45) is 0. The van der Waals surface area contributed by atoms with Gasteiger partial charge in [0, 0.05) is 18.0 Å². The predicted molar refractivity (Wildman–Crippen MR) is 66.1 cm³/mol. The fourth-order valence-electron chi connectivity index (χ4n) is 1.52. The normalized spacial score (nSPS) is 10.5. The Kier molecular flexibility index (Phi) is 3.28. The molecule has 17 heavy (non-hydrogen) atoms. The van der Waals surface area contributed by atoms with E-state index in [-0.39, 0.29) is 5.91 Å². The van der Waals surface area contributed by atoms with Crippen molar-refractivity contribution in [3.63, 3.8) is 0 Å². The Labute approximate surface area is 104 Å². The van der Waals surface area contributed by atoms with Gasteiger partial charge in [-0.25, -0.2) is 0 Å². The van der Waals surface area contributed by atoms with E-state index in [1.165, 1.54) is 10.4 Å². The molecule has 0 aromatic carbocycles. The number of thiophene rings is 1. The lowest BCUT2D eigenvalue weighted by Gasteiger charge is -2.14. The molecule has 0 aliphatic carbocycles. The lowest BCUT2D eigenvalue weighted by molar-refractivity contribution is 0.0776. The third-order valence-corrected chi connectivity index (χ3v) is 3.55. The molecule has 1 amide bonds. The monoisotopic (exact) mass is 250 g/mol. The van der Waals surface area contributed by atoms with Crippen molar-refractivity contribution in [2.24, 2.45) is 0 Å². The molecule has 5 heteroatoms. The van der Waals surface area contributed by atoms with Crippen LogP contribution in [0.2, 0.25) is 0 Å². The van der Waals surface area contributed by atoms with Gasteiger partial charge in [0.25, 0.3) is 5.91 Å². The van der Waals surface area contributed by atoms with Crippen molar-refractivity contribution in [3.8, 4) is 0 Å². The largest absolute Gasteiger partial charge is 0.361 e. The molecule has 0 spiro atoms. The van der Waals surface area contributed by atoms with Crippen molar-refractivity contribution in [1.82, 2.24) is 10.1 Å². The first kappa shape index (κ1) is 11.9. The minimum Gasteiger partial charge on any atom is -0.361 e. The second-order valence-corrected chi connectivity index (χ2v) is 5.01. The standard InChI is InChI=1S/C12H14N2O2S/c1-8-4-5-17-11(8)7-14(3)12(15)10-6-9(2)16-13-10/h4-6H,7H2,1-3H3. The Morgan fingerprint density at radius 3 is 2.82 bits per heavy atom. The molecule has 0 fully saturated rings. The highest BCUT2D eigenvalue weighted by Gasteiger charge is 2.16. The SMILES string of the molecule is Cc1cc(C(=O)N(C)Cc2sccc2C)no1. The van der Waals surface area contributed by atoms with Gasteiger partial charge in [0.15, 0.2) is 5.69 Å². The first-order chi connectivity index (χ1) is 8.08. The molecule has 2 rings (SSSR count). The van der Waals surface area contributed by atoms with Crippen LogP contribution >= 0.6 is 11.3 Å². The maximum Gasteiger partial charge on any atom is 0.276 e. The molecule has 0 aliphatic rings. The molecule has 2 aromatic heterocycles. The van der Waals surface area contributed by atoms with E-state index in [0.717, 1.165) is 0 Å². The van der Waals surface area contributed by atoms with E-state index < -0.39 is 0 Å². The fraction of sp³-hybridized carbons (Fsp3) is 0.333. The number of aryl methyl sites for hydroxylation is 2. The molecule has 0 saturated carbocycles. The quantitative estimate of drug-likeness (QED) is 0.841. The van der Waals surface area contributed by atoms with E-state index in [1.807, 2.05) is 12.3 Å². The van der Waals surface area contributed by atoms with E-state index in [1.54, 1.807) is 36.3 Å². The number of amides is 1. The van der Waals surface area contributed by atoms with Crippen LogP contribution in [0, 0.1) is 13.8 Å². The third-order valence-electron chi connectivity index (χ3n) is 2.54. The summed E-state index contributed by atoms with van der Waals surface area (Å²) >= 11 is 1.66. The van der Waals surface area contributed by atoms with Gasteiger partial charge < -0.3 is 9.42 Å². The van der Waals surface area contributed by atoms with Gasteiger partial charge in [-0.2, -0.15) is 0 Å². The number of hydrogen-bond acceptors (Lipinski definition) is 4. The molecule has 0 unspecified atom stereocenters. The topological polar surface area (TPSA) is 46.3 Å². The lowest BCUT2D eigenvalue weighted by atomic mass is 10.2. The number of carbonyl (C=O) groups excluding carboxylic acids is 1. The van der Waals surface area contributed by atoms with Crippen molar-refractivity contribution in [2.75, 3.05) is 7.05 Å². The molecule has 4 nitrogen and oxygen atoms in total. The molecule has 0 bridgehead atoms. The summed E-state index contributed by atoms with van der Waals surface area (Å²) in [6.45, 7) is 4.42. The summed E-state index contributed by atoms with van der Waals surface area (Å²) in [4.78, 5) is 14.8. The first-order valence-electron chi connectivity index (χ1n) is 5.29. The highest BCUT2D eigenvalue weighted by molar-refractivity contribution is 7.10. The van der Waals surface area contributed by atoms with Gasteiger partial charge in [-0.1, -0.05) is 5.16 Å². The van der Waals surface area contributed by atoms with E-state index in [0.29, 0.717) is 18.0 Å². The molecule has 0 radical (unpaired) electrons. The van der Waals surface area contributed by atoms with Crippen LogP contribution in [0.3, 0.4) is 0 Å². The Bertz CT molecular complexity index is 530. The number of hydrogen-bond donors (Lipinski definition) is 0. The van der Waals surface area contributed by atoms with Crippen LogP contribution in [0.25, 0.3) is 0 Å². The van der Waals surface area contributed by atoms with E-state index in [2.05, 4.69) is 11.2 Å². The van der Waals surface area contributed by atoms with E-state index in [9.17, 15) is 4.79 Å². The van der Waals surface area contributed by atoms with E-state index >= 15 is 0 Å². The lowest BCUT2D eigenvalue weighted by Crippen LogP contribution is -2.26. The Balaban J connectivity index is 2.08. The molecule has 0 N–H and O–H groups in total. The van der Waals surface area contributed by atoms with Crippen molar-refractivity contribution in [1.29, 1.82) is 0 Å². The second kappa shape index (κ2) is 4.71. The Morgan fingerprint density at radius 2 is 2.29 bits per heavy atom. The van der Waals surface area contributed by atoms with Gasteiger partial charge in [0.2, 0.25) is 0 Å². The highest BCUT2D eigenvalue weighted by Crippen LogP contribution is 2.18. The smallest absolute Gasteiger partial charge is 0.276 e. The van der Waals surface area contributed by atoms with Gasteiger partial charge in [0.1, 0.15) is 5.76 Å². The third kappa shape index (κ3) is 2.55. The van der Waals surface area contributed by atoms with E-state index in [4.69, 9.17) is 4.52 Å². The maximum atomic E-state index is 12.0. The van der Waals surface area contributed by atoms with Crippen LogP contribution in [0.1, 0.15) is 26.7 Å². The molecule has 0 saturated heterocycles. The fourth-order valence-corrected chi connectivity index (χ4v) is 2.47. The summed E-state index contributed by atoms with van der Waals surface area (Å²) in [5.74, 6) is 0.531. The average molecular weight is 250 g/mol. The average Bonchev–Trinajstić information content (AvgIpc) is 2.88. The van der Waals surface area contributed by atoms with Crippen LogP contribution in [-0.4, -0.2) is 23.0 Å². The number of aromatic nitrogens is 1. The minimum absolute atomic E-state index is 0.116. The van der Waals surface area contributed by atoms with Crippen molar-refractivity contribution in [2.45, 2.75) is 20.4 Å². The molecule has 0 atom stereocenters. The zero-order chi connectivity index (χ0) is 12.4. The van der Waals surface area contributed by atoms with Crippen molar-refractivity contribution in [3.05, 3.63) is 39.4 Å². The number of rotatable bonds is 3. The maximum absolute atomic E-state index is 12.0. The highest BCUT2D eigenvalue weighted by atomic mass is 32.1. The van der Waals surface area contributed by atoms with Crippen LogP contribution in [0.4, 0.5) is 0 Å². The molecular weight excluding hydrogens is 236 g/mol. The molecule has 2 aromatic rings. The number of nitrogens with zero attached hydrogens (tertiary/aromatic N) is 2. The van der Waals surface area contributed by atoms with Crippen molar-refractivity contribution >= 4 is 17.2 Å². The van der Waals surface area contributed by atoms with Gasteiger partial charge in [-0.05, 0) is 30.9 Å². The number of carbonyl (C=O) groups is 1. The Hall–Kier alpha value is -1.62. The van der Waals surface area contributed by atoms with Crippen LogP contribution in [0.5, 0.6) is 0 Å². The van der Waals surface area contributed by atoms with Gasteiger partial charge in [0.05, 0.1) is 6.54 Å². The molecule has 2 heterocycles. The Morgan fingerprint density at radius 1 is 1.53 bits per heavy atom. The summed E-state index contributed by atoms with van der Waals surface area (Å²) < 4.78 is 4.90. The van der Waals surface area contributed by atoms with Crippen molar-refractivity contribution < 1.29 is 9.32 Å². The molecule has 0 aliphatic heterocycles. The summed E-state index contributed by atoms with van der Waals surface area (Å²) in [6, 6.07) is 3.71. The summed E-state index contributed by atoms with van der Waals surface area (Å²) in [5, 5.41) is 5.76. The molecular formula is C12H14N2O2S. The predicted octanol–water partition coefficient (Wildman–Crippen LogP) is 2.63. The molecule has 90 valence electrons. The zero-order valence-electron chi connectivity index (χ0n) is 10.1.